The lowest BCUT2D eigenvalue weighted by molar-refractivity contribution is 0.0972. The van der Waals surface area contributed by atoms with E-state index in [9.17, 15) is 4.79 Å². The molecule has 2 N–H and O–H groups in total. The number of ether oxygens (including phenoxy) is 2. The number of halogens is 1. The van der Waals surface area contributed by atoms with Crippen molar-refractivity contribution < 1.29 is 14.3 Å². The van der Waals surface area contributed by atoms with E-state index in [0.29, 0.717) is 35.4 Å². The van der Waals surface area contributed by atoms with Crippen LogP contribution in [0.3, 0.4) is 0 Å². The average Bonchev–Trinajstić information content (AvgIpc) is 2.74. The minimum atomic E-state index is -0.385. The Kier molecular flexibility index (Phi) is 7.38. The number of hydrogen-bond donors (Lipinski definition) is 2. The molecule has 0 saturated heterocycles. The van der Waals surface area contributed by atoms with Crippen LogP contribution in [0.5, 0.6) is 11.5 Å². The fourth-order valence-corrected chi connectivity index (χ4v) is 2.71. The Hall–Kier alpha value is -3.16. The van der Waals surface area contributed by atoms with Gasteiger partial charge < -0.3 is 14.8 Å². The SMILES string of the molecule is O=C(NC(=S)Nc1ccc(Cl)nc1)c1ccccc1OCCOc1ccccc1. The zero-order valence-corrected chi connectivity index (χ0v) is 16.9. The number of carbonyl (C=O) groups excluding carboxylic acids is 1. The summed E-state index contributed by atoms with van der Waals surface area (Å²) >= 11 is 10.9. The van der Waals surface area contributed by atoms with Gasteiger partial charge in [0.2, 0.25) is 0 Å². The third-order valence-electron chi connectivity index (χ3n) is 3.70. The number of carbonyl (C=O) groups is 1. The number of hydrogen-bond acceptors (Lipinski definition) is 5. The molecule has 1 aromatic heterocycles. The first-order valence-electron chi connectivity index (χ1n) is 8.75. The zero-order chi connectivity index (χ0) is 20.5. The standard InChI is InChI=1S/C21H18ClN3O3S/c22-19-11-10-15(14-23-19)24-21(29)25-20(26)17-8-4-5-9-18(17)28-13-12-27-16-6-2-1-3-7-16/h1-11,14H,12-13H2,(H2,24,25,26,29). The van der Waals surface area contributed by atoms with E-state index < -0.39 is 0 Å². The summed E-state index contributed by atoms with van der Waals surface area (Å²) in [5.41, 5.74) is 0.980. The van der Waals surface area contributed by atoms with Crippen molar-refractivity contribution in [2.24, 2.45) is 0 Å². The number of benzene rings is 2. The molecule has 8 heteroatoms. The normalized spacial score (nSPS) is 10.1. The second-order valence-electron chi connectivity index (χ2n) is 5.78. The van der Waals surface area contributed by atoms with E-state index in [2.05, 4.69) is 15.6 Å². The van der Waals surface area contributed by atoms with E-state index in [-0.39, 0.29) is 11.0 Å². The molecule has 0 bridgehead atoms. The van der Waals surface area contributed by atoms with Gasteiger partial charge in [-0.05, 0) is 48.6 Å². The Labute approximate surface area is 178 Å². The van der Waals surface area contributed by atoms with Crippen molar-refractivity contribution in [3.63, 3.8) is 0 Å². The highest BCUT2D eigenvalue weighted by Crippen LogP contribution is 2.18. The molecule has 0 radical (unpaired) electrons. The molecule has 148 valence electrons. The van der Waals surface area contributed by atoms with Crippen LogP contribution in [-0.2, 0) is 0 Å². The first-order chi connectivity index (χ1) is 14.1. The monoisotopic (exact) mass is 427 g/mol. The number of rotatable bonds is 7. The number of para-hydroxylation sites is 2. The maximum Gasteiger partial charge on any atom is 0.261 e. The number of amides is 1. The van der Waals surface area contributed by atoms with Gasteiger partial charge in [-0.2, -0.15) is 0 Å². The summed E-state index contributed by atoms with van der Waals surface area (Å²) in [4.78, 5) is 16.5. The fraction of sp³-hybridized carbons (Fsp3) is 0.0952. The number of nitrogens with zero attached hydrogens (tertiary/aromatic N) is 1. The van der Waals surface area contributed by atoms with Crippen molar-refractivity contribution in [3.05, 3.63) is 83.6 Å². The topological polar surface area (TPSA) is 72.5 Å². The second-order valence-corrected chi connectivity index (χ2v) is 6.58. The van der Waals surface area contributed by atoms with Crippen LogP contribution < -0.4 is 20.1 Å². The third kappa shape index (κ3) is 6.44. The average molecular weight is 428 g/mol. The molecule has 0 aliphatic heterocycles. The Morgan fingerprint density at radius 1 is 0.966 bits per heavy atom. The van der Waals surface area contributed by atoms with Crippen LogP contribution in [0, 0.1) is 0 Å². The highest BCUT2D eigenvalue weighted by atomic mass is 35.5. The molecule has 1 heterocycles. The largest absolute Gasteiger partial charge is 0.490 e. The van der Waals surface area contributed by atoms with Gasteiger partial charge in [0.15, 0.2) is 5.11 Å². The van der Waals surface area contributed by atoms with E-state index >= 15 is 0 Å². The summed E-state index contributed by atoms with van der Waals surface area (Å²) in [5, 5.41) is 6.01. The molecule has 0 saturated carbocycles. The van der Waals surface area contributed by atoms with Crippen LogP contribution in [0.1, 0.15) is 10.4 Å². The summed E-state index contributed by atoms with van der Waals surface area (Å²) in [7, 11) is 0. The van der Waals surface area contributed by atoms with Gasteiger partial charge in [0.25, 0.3) is 5.91 Å². The van der Waals surface area contributed by atoms with E-state index in [4.69, 9.17) is 33.3 Å². The molecule has 0 aliphatic carbocycles. The Morgan fingerprint density at radius 3 is 2.45 bits per heavy atom. The van der Waals surface area contributed by atoms with Crippen molar-refractivity contribution in [1.29, 1.82) is 0 Å². The first kappa shape index (κ1) is 20.6. The highest BCUT2D eigenvalue weighted by molar-refractivity contribution is 7.80. The number of anilines is 1. The number of pyridine rings is 1. The minimum Gasteiger partial charge on any atom is -0.490 e. The molecule has 3 aromatic rings. The molecular weight excluding hydrogens is 410 g/mol. The van der Waals surface area contributed by atoms with Crippen molar-refractivity contribution in [1.82, 2.24) is 10.3 Å². The Morgan fingerprint density at radius 2 is 1.69 bits per heavy atom. The summed E-state index contributed by atoms with van der Waals surface area (Å²) in [6.07, 6.45) is 1.52. The van der Waals surface area contributed by atoms with Gasteiger partial charge in [0, 0.05) is 0 Å². The molecule has 1 amide bonds. The van der Waals surface area contributed by atoms with Crippen LogP contribution in [0.2, 0.25) is 5.15 Å². The predicted molar refractivity (Wildman–Crippen MR) is 117 cm³/mol. The fourth-order valence-electron chi connectivity index (χ4n) is 2.39. The van der Waals surface area contributed by atoms with Crippen LogP contribution in [0.25, 0.3) is 0 Å². The van der Waals surface area contributed by atoms with Gasteiger partial charge in [0.1, 0.15) is 29.9 Å². The van der Waals surface area contributed by atoms with Gasteiger partial charge in [0.05, 0.1) is 17.4 Å². The van der Waals surface area contributed by atoms with E-state index in [1.165, 1.54) is 6.20 Å². The summed E-state index contributed by atoms with van der Waals surface area (Å²) in [6, 6.07) is 19.7. The molecule has 0 spiro atoms. The van der Waals surface area contributed by atoms with Gasteiger partial charge in [-0.3, -0.25) is 10.1 Å². The van der Waals surface area contributed by atoms with Crippen LogP contribution >= 0.6 is 23.8 Å². The third-order valence-corrected chi connectivity index (χ3v) is 4.12. The lowest BCUT2D eigenvalue weighted by atomic mass is 10.2. The van der Waals surface area contributed by atoms with Gasteiger partial charge in [-0.25, -0.2) is 4.98 Å². The lowest BCUT2D eigenvalue weighted by Gasteiger charge is -2.13. The summed E-state index contributed by atoms with van der Waals surface area (Å²) < 4.78 is 11.3. The molecule has 0 atom stereocenters. The molecule has 0 aliphatic rings. The van der Waals surface area contributed by atoms with E-state index in [0.717, 1.165) is 5.75 Å². The Bertz CT molecular complexity index is 968. The van der Waals surface area contributed by atoms with E-state index in [1.807, 2.05) is 30.3 Å². The van der Waals surface area contributed by atoms with Gasteiger partial charge in [-0.1, -0.05) is 41.9 Å². The summed E-state index contributed by atoms with van der Waals surface area (Å²) in [5.74, 6) is 0.817. The molecule has 2 aromatic carbocycles. The van der Waals surface area contributed by atoms with Gasteiger partial charge in [-0.15, -0.1) is 0 Å². The van der Waals surface area contributed by atoms with Crippen LogP contribution in [-0.4, -0.2) is 29.2 Å². The number of aromatic nitrogens is 1. The number of nitrogens with one attached hydrogen (secondary N) is 2. The molecular formula is C21H18ClN3O3S. The zero-order valence-electron chi connectivity index (χ0n) is 15.3. The molecule has 0 unspecified atom stereocenters. The molecule has 3 rings (SSSR count). The van der Waals surface area contributed by atoms with Crippen LogP contribution in [0.15, 0.2) is 72.9 Å². The maximum atomic E-state index is 12.6. The second kappa shape index (κ2) is 10.4. The molecule has 0 fully saturated rings. The van der Waals surface area contributed by atoms with Crippen molar-refractivity contribution in [2.75, 3.05) is 18.5 Å². The van der Waals surface area contributed by atoms with E-state index in [1.54, 1.807) is 36.4 Å². The van der Waals surface area contributed by atoms with Crippen molar-refractivity contribution >= 4 is 40.5 Å². The predicted octanol–water partition coefficient (Wildman–Crippen LogP) is 4.32. The summed E-state index contributed by atoms with van der Waals surface area (Å²) in [6.45, 7) is 0.641. The maximum absolute atomic E-state index is 12.6. The Balaban J connectivity index is 1.53. The first-order valence-corrected chi connectivity index (χ1v) is 9.54. The quantitative estimate of drug-likeness (QED) is 0.332. The van der Waals surface area contributed by atoms with Crippen molar-refractivity contribution in [3.8, 4) is 11.5 Å². The smallest absolute Gasteiger partial charge is 0.261 e. The molecule has 6 nitrogen and oxygen atoms in total. The minimum absolute atomic E-state index is 0.140. The highest BCUT2D eigenvalue weighted by Gasteiger charge is 2.13. The lowest BCUT2D eigenvalue weighted by Crippen LogP contribution is -2.34. The van der Waals surface area contributed by atoms with Crippen LogP contribution in [0.4, 0.5) is 5.69 Å². The van der Waals surface area contributed by atoms with Crippen molar-refractivity contribution in [2.45, 2.75) is 0 Å². The molecule has 29 heavy (non-hydrogen) atoms. The van der Waals surface area contributed by atoms with Gasteiger partial charge >= 0.3 is 0 Å². The number of thiocarbonyl (C=S) groups is 1.